The second-order valence-electron chi connectivity index (χ2n) is 5.90. The number of fused-ring (bicyclic) bond motifs is 1. The summed E-state index contributed by atoms with van der Waals surface area (Å²) in [6.07, 6.45) is 0.983. The maximum atomic E-state index is 6.45. The number of aryl methyl sites for hydroxylation is 1. The predicted octanol–water partition coefficient (Wildman–Crippen LogP) is 6.79. The highest BCUT2D eigenvalue weighted by molar-refractivity contribution is 7.99. The maximum Gasteiger partial charge on any atom is 0.191 e. The smallest absolute Gasteiger partial charge is 0.191 e. The Balaban J connectivity index is 1.75. The van der Waals surface area contributed by atoms with E-state index >= 15 is 0 Å². The summed E-state index contributed by atoms with van der Waals surface area (Å²) in [5, 5.41) is 2.32. The van der Waals surface area contributed by atoms with E-state index < -0.39 is 0 Å². The van der Waals surface area contributed by atoms with Gasteiger partial charge in [0.05, 0.1) is 5.25 Å². The average Bonchev–Trinajstić information content (AvgIpc) is 3.11. The van der Waals surface area contributed by atoms with Gasteiger partial charge in [-0.2, -0.15) is 0 Å². The zero-order valence-corrected chi connectivity index (χ0v) is 16.6. The number of nitrogens with zero attached hydrogens (tertiary/aromatic N) is 2. The molecule has 2 heterocycles. The van der Waals surface area contributed by atoms with Gasteiger partial charge in [-0.05, 0) is 23.6 Å². The van der Waals surface area contributed by atoms with Gasteiger partial charge in [-0.3, -0.25) is 0 Å². The van der Waals surface area contributed by atoms with Crippen LogP contribution in [0.4, 0.5) is 0 Å². The van der Waals surface area contributed by atoms with Crippen molar-refractivity contribution in [3.8, 4) is 0 Å². The van der Waals surface area contributed by atoms with Crippen LogP contribution >= 0.6 is 34.7 Å². The van der Waals surface area contributed by atoms with Gasteiger partial charge >= 0.3 is 0 Å². The van der Waals surface area contributed by atoms with Gasteiger partial charge in [-0.15, -0.1) is 11.3 Å². The van der Waals surface area contributed by atoms with Crippen molar-refractivity contribution in [2.75, 3.05) is 0 Å². The third-order valence-corrected chi connectivity index (χ3v) is 6.79. The quantitative estimate of drug-likeness (QED) is 0.211. The number of halogens is 1. The standard InChI is InChI=1S/C21H17ClN2S2/c1-2-16-13-17-19(22)23-21(24-20(17)25-16)26-18(14-9-5-3-6-10-14)15-11-7-4-8-12-15/h3-13,18H,2H2,1H3. The second-order valence-corrected chi connectivity index (χ2v) is 8.45. The van der Waals surface area contributed by atoms with Gasteiger partial charge < -0.3 is 0 Å². The highest BCUT2D eigenvalue weighted by Gasteiger charge is 2.19. The Kier molecular flexibility index (Phi) is 5.25. The first-order valence-electron chi connectivity index (χ1n) is 8.47. The van der Waals surface area contributed by atoms with Gasteiger partial charge in [0.2, 0.25) is 0 Å². The minimum absolute atomic E-state index is 0.122. The number of thioether (sulfide) groups is 1. The molecule has 0 spiro atoms. The molecule has 4 rings (SSSR count). The summed E-state index contributed by atoms with van der Waals surface area (Å²) >= 11 is 9.79. The van der Waals surface area contributed by atoms with Crippen LogP contribution in [-0.2, 0) is 6.42 Å². The van der Waals surface area contributed by atoms with Crippen LogP contribution in [0.3, 0.4) is 0 Å². The monoisotopic (exact) mass is 396 g/mol. The Labute approximate surface area is 166 Å². The van der Waals surface area contributed by atoms with Crippen molar-refractivity contribution < 1.29 is 0 Å². The number of hydrogen-bond donors (Lipinski definition) is 0. The molecule has 0 unspecified atom stereocenters. The number of benzene rings is 2. The van der Waals surface area contributed by atoms with Gasteiger partial charge in [0.15, 0.2) is 5.16 Å². The van der Waals surface area contributed by atoms with Crippen molar-refractivity contribution in [3.63, 3.8) is 0 Å². The van der Waals surface area contributed by atoms with Crippen LogP contribution in [0.1, 0.15) is 28.2 Å². The van der Waals surface area contributed by atoms with Crippen molar-refractivity contribution >= 4 is 44.9 Å². The number of aromatic nitrogens is 2. The molecule has 0 fully saturated rings. The lowest BCUT2D eigenvalue weighted by molar-refractivity contribution is 0.997. The van der Waals surface area contributed by atoms with E-state index in [9.17, 15) is 0 Å². The summed E-state index contributed by atoms with van der Waals surface area (Å²) in [5.41, 5.74) is 2.45. The predicted molar refractivity (Wildman–Crippen MR) is 112 cm³/mol. The molecule has 130 valence electrons. The Morgan fingerprint density at radius 2 is 1.58 bits per heavy atom. The van der Waals surface area contributed by atoms with Gasteiger partial charge in [0.25, 0.3) is 0 Å². The van der Waals surface area contributed by atoms with E-state index in [1.807, 2.05) is 12.1 Å². The minimum atomic E-state index is 0.122. The average molecular weight is 397 g/mol. The fourth-order valence-corrected chi connectivity index (χ4v) is 5.28. The first kappa shape index (κ1) is 17.5. The SMILES string of the molecule is CCc1cc2c(Cl)nc(SC(c3ccccc3)c3ccccc3)nc2s1. The van der Waals surface area contributed by atoms with Crippen molar-refractivity contribution in [3.05, 3.63) is 87.9 Å². The van der Waals surface area contributed by atoms with E-state index in [1.165, 1.54) is 16.0 Å². The number of hydrogen-bond acceptors (Lipinski definition) is 4. The lowest BCUT2D eigenvalue weighted by atomic mass is 10.0. The highest BCUT2D eigenvalue weighted by atomic mass is 35.5. The van der Waals surface area contributed by atoms with Crippen LogP contribution in [0.15, 0.2) is 71.9 Å². The molecule has 5 heteroatoms. The molecule has 4 aromatic rings. The van der Waals surface area contributed by atoms with Crippen molar-refractivity contribution in [1.82, 2.24) is 9.97 Å². The van der Waals surface area contributed by atoms with E-state index in [0.29, 0.717) is 10.3 Å². The van der Waals surface area contributed by atoms with Crippen LogP contribution < -0.4 is 0 Å². The molecule has 0 bridgehead atoms. The van der Waals surface area contributed by atoms with Crippen molar-refractivity contribution in [1.29, 1.82) is 0 Å². The maximum absolute atomic E-state index is 6.45. The zero-order valence-electron chi connectivity index (χ0n) is 14.2. The third-order valence-electron chi connectivity index (χ3n) is 4.15. The van der Waals surface area contributed by atoms with Crippen molar-refractivity contribution in [2.45, 2.75) is 23.8 Å². The molecule has 0 amide bonds. The molecule has 0 aliphatic heterocycles. The molecule has 0 N–H and O–H groups in total. The molecule has 0 saturated carbocycles. The molecule has 0 saturated heterocycles. The van der Waals surface area contributed by atoms with Crippen LogP contribution in [0.5, 0.6) is 0 Å². The summed E-state index contributed by atoms with van der Waals surface area (Å²) in [6, 6.07) is 23.0. The first-order chi connectivity index (χ1) is 12.7. The summed E-state index contributed by atoms with van der Waals surface area (Å²) < 4.78 is 0. The van der Waals surface area contributed by atoms with E-state index in [0.717, 1.165) is 16.6 Å². The Bertz CT molecular complexity index is 977. The van der Waals surface area contributed by atoms with E-state index in [2.05, 4.69) is 66.5 Å². The largest absolute Gasteiger partial charge is 0.211 e. The fraction of sp³-hybridized carbons (Fsp3) is 0.143. The molecule has 0 atom stereocenters. The second kappa shape index (κ2) is 7.78. The van der Waals surface area contributed by atoms with E-state index in [-0.39, 0.29) is 5.25 Å². The van der Waals surface area contributed by atoms with Gasteiger partial charge in [-0.25, -0.2) is 9.97 Å². The molecule has 0 aliphatic carbocycles. The topological polar surface area (TPSA) is 25.8 Å². The summed E-state index contributed by atoms with van der Waals surface area (Å²) in [4.78, 5) is 11.6. The summed E-state index contributed by atoms with van der Waals surface area (Å²) in [7, 11) is 0. The summed E-state index contributed by atoms with van der Waals surface area (Å²) in [6.45, 7) is 2.14. The van der Waals surface area contributed by atoms with Crippen LogP contribution in [0.2, 0.25) is 5.15 Å². The third kappa shape index (κ3) is 3.63. The molecule has 2 nitrogen and oxygen atoms in total. The van der Waals surface area contributed by atoms with Crippen LogP contribution in [-0.4, -0.2) is 9.97 Å². The van der Waals surface area contributed by atoms with Gasteiger partial charge in [0, 0.05) is 10.3 Å². The van der Waals surface area contributed by atoms with E-state index in [4.69, 9.17) is 16.6 Å². The zero-order chi connectivity index (χ0) is 17.9. The fourth-order valence-electron chi connectivity index (χ4n) is 2.83. The Hall–Kier alpha value is -1.88. The normalized spacial score (nSPS) is 11.3. The Morgan fingerprint density at radius 1 is 0.962 bits per heavy atom. The molecule has 2 aromatic carbocycles. The van der Waals surface area contributed by atoms with Crippen LogP contribution in [0.25, 0.3) is 10.2 Å². The summed E-state index contributed by atoms with van der Waals surface area (Å²) in [5.74, 6) is 0. The molecule has 0 aliphatic rings. The number of rotatable bonds is 5. The molecule has 0 radical (unpaired) electrons. The first-order valence-corrected chi connectivity index (χ1v) is 10.5. The number of thiophene rings is 1. The molecular formula is C21H17ClN2S2. The molecular weight excluding hydrogens is 380 g/mol. The highest BCUT2D eigenvalue weighted by Crippen LogP contribution is 2.40. The molecule has 2 aromatic heterocycles. The van der Waals surface area contributed by atoms with Crippen LogP contribution in [0, 0.1) is 0 Å². The Morgan fingerprint density at radius 3 is 2.15 bits per heavy atom. The lowest BCUT2D eigenvalue weighted by Crippen LogP contribution is -1.98. The van der Waals surface area contributed by atoms with Crippen molar-refractivity contribution in [2.24, 2.45) is 0 Å². The molecule has 26 heavy (non-hydrogen) atoms. The minimum Gasteiger partial charge on any atom is -0.211 e. The van der Waals surface area contributed by atoms with E-state index in [1.54, 1.807) is 23.1 Å². The van der Waals surface area contributed by atoms with Gasteiger partial charge in [0.1, 0.15) is 9.98 Å². The lowest BCUT2D eigenvalue weighted by Gasteiger charge is -2.16. The van der Waals surface area contributed by atoms with Gasteiger partial charge in [-0.1, -0.05) is 91.0 Å².